The standard InChI is InChI=1S/C18H26FN3.HI/c1-4-20-17(22-14-9-5-6-10-14)21-13-18(2,3)15-11-7-8-12-16(15)19;/h5-8,11-12,14H,4,9-10,13H2,1-3H3,(H2,20,21,22);1H. The topological polar surface area (TPSA) is 36.4 Å². The van der Waals surface area contributed by atoms with Crippen LogP contribution in [0.2, 0.25) is 0 Å². The first-order valence-corrected chi connectivity index (χ1v) is 7.98. The van der Waals surface area contributed by atoms with Crippen LogP contribution in [0.25, 0.3) is 0 Å². The third kappa shape index (κ3) is 5.79. The molecule has 5 heteroatoms. The highest BCUT2D eigenvalue weighted by Gasteiger charge is 2.24. The van der Waals surface area contributed by atoms with Gasteiger partial charge in [0.1, 0.15) is 5.82 Å². The second-order valence-electron chi connectivity index (χ2n) is 6.34. The summed E-state index contributed by atoms with van der Waals surface area (Å²) in [6.07, 6.45) is 6.43. The van der Waals surface area contributed by atoms with Crippen molar-refractivity contribution in [3.05, 3.63) is 47.8 Å². The molecule has 1 aromatic carbocycles. The molecule has 1 aromatic rings. The van der Waals surface area contributed by atoms with Gasteiger partial charge in [-0.05, 0) is 31.4 Å². The van der Waals surface area contributed by atoms with Gasteiger partial charge in [0, 0.05) is 18.0 Å². The van der Waals surface area contributed by atoms with Gasteiger partial charge in [0.05, 0.1) is 6.54 Å². The van der Waals surface area contributed by atoms with Gasteiger partial charge in [-0.2, -0.15) is 0 Å². The van der Waals surface area contributed by atoms with E-state index in [4.69, 9.17) is 0 Å². The lowest BCUT2D eigenvalue weighted by molar-refractivity contribution is 0.491. The van der Waals surface area contributed by atoms with Gasteiger partial charge in [0.15, 0.2) is 5.96 Å². The van der Waals surface area contributed by atoms with Crippen LogP contribution in [0.4, 0.5) is 4.39 Å². The SMILES string of the molecule is CCNC(=NCC(C)(C)c1ccccc1F)NC1CC=CC1.I. The molecule has 0 radical (unpaired) electrons. The Morgan fingerprint density at radius 1 is 1.26 bits per heavy atom. The molecule has 0 heterocycles. The molecule has 2 rings (SSSR count). The van der Waals surface area contributed by atoms with Crippen LogP contribution in [0.5, 0.6) is 0 Å². The number of hydrogen-bond donors (Lipinski definition) is 2. The van der Waals surface area contributed by atoms with Gasteiger partial charge in [-0.25, -0.2) is 4.39 Å². The highest BCUT2D eigenvalue weighted by atomic mass is 127. The molecule has 1 aliphatic rings. The van der Waals surface area contributed by atoms with Crippen molar-refractivity contribution >= 4 is 29.9 Å². The normalized spacial score (nSPS) is 15.4. The lowest BCUT2D eigenvalue weighted by Gasteiger charge is -2.25. The largest absolute Gasteiger partial charge is 0.357 e. The number of hydrogen-bond acceptors (Lipinski definition) is 1. The Balaban J connectivity index is 0.00000264. The van der Waals surface area contributed by atoms with Gasteiger partial charge in [0.25, 0.3) is 0 Å². The number of nitrogens with zero attached hydrogens (tertiary/aromatic N) is 1. The van der Waals surface area contributed by atoms with Crippen LogP contribution in [0, 0.1) is 5.82 Å². The summed E-state index contributed by atoms with van der Waals surface area (Å²) in [6, 6.07) is 7.35. The minimum absolute atomic E-state index is 0. The van der Waals surface area contributed by atoms with Crippen LogP contribution < -0.4 is 10.6 Å². The molecular formula is C18H27FIN3. The Labute approximate surface area is 155 Å². The summed E-state index contributed by atoms with van der Waals surface area (Å²) in [7, 11) is 0. The average molecular weight is 431 g/mol. The van der Waals surface area contributed by atoms with Gasteiger partial charge < -0.3 is 10.6 Å². The molecule has 2 N–H and O–H groups in total. The summed E-state index contributed by atoms with van der Waals surface area (Å²) in [5.41, 5.74) is 0.360. The lowest BCUT2D eigenvalue weighted by Crippen LogP contribution is -2.43. The molecule has 0 saturated heterocycles. The van der Waals surface area contributed by atoms with E-state index in [9.17, 15) is 4.39 Å². The van der Waals surface area contributed by atoms with E-state index >= 15 is 0 Å². The van der Waals surface area contributed by atoms with Crippen molar-refractivity contribution in [2.45, 2.75) is 45.1 Å². The molecule has 0 aliphatic heterocycles. The van der Waals surface area contributed by atoms with Crippen molar-refractivity contribution in [3.8, 4) is 0 Å². The highest BCUT2D eigenvalue weighted by molar-refractivity contribution is 14.0. The quantitative estimate of drug-likeness (QED) is 0.320. The Kier molecular flexibility index (Phi) is 8.02. The fourth-order valence-corrected chi connectivity index (χ4v) is 2.62. The maximum absolute atomic E-state index is 14.0. The third-order valence-corrected chi connectivity index (χ3v) is 3.93. The van der Waals surface area contributed by atoms with E-state index in [1.54, 1.807) is 6.07 Å². The summed E-state index contributed by atoms with van der Waals surface area (Å²) >= 11 is 0. The van der Waals surface area contributed by atoms with Crippen molar-refractivity contribution in [3.63, 3.8) is 0 Å². The van der Waals surface area contributed by atoms with Crippen LogP contribution in [-0.4, -0.2) is 25.1 Å². The van der Waals surface area contributed by atoms with E-state index in [1.807, 2.05) is 32.9 Å². The number of halogens is 2. The Bertz CT molecular complexity index is 547. The van der Waals surface area contributed by atoms with E-state index in [0.717, 1.165) is 25.3 Å². The lowest BCUT2D eigenvalue weighted by atomic mass is 9.84. The zero-order valence-corrected chi connectivity index (χ0v) is 16.4. The zero-order valence-electron chi connectivity index (χ0n) is 14.1. The number of rotatable bonds is 5. The Morgan fingerprint density at radius 3 is 2.52 bits per heavy atom. The molecule has 0 unspecified atom stereocenters. The molecule has 0 saturated carbocycles. The summed E-state index contributed by atoms with van der Waals surface area (Å²) in [5, 5.41) is 6.70. The Hall–Kier alpha value is -1.11. The zero-order chi connectivity index (χ0) is 16.0. The van der Waals surface area contributed by atoms with E-state index < -0.39 is 0 Å². The molecule has 0 atom stereocenters. The van der Waals surface area contributed by atoms with Crippen LogP contribution in [0.3, 0.4) is 0 Å². The third-order valence-electron chi connectivity index (χ3n) is 3.93. The van der Waals surface area contributed by atoms with Crippen molar-refractivity contribution < 1.29 is 4.39 Å². The van der Waals surface area contributed by atoms with E-state index in [-0.39, 0.29) is 35.2 Å². The number of benzene rings is 1. The van der Waals surface area contributed by atoms with E-state index in [2.05, 4.69) is 27.8 Å². The van der Waals surface area contributed by atoms with Gasteiger partial charge >= 0.3 is 0 Å². The molecule has 1 aliphatic carbocycles. The molecule has 0 aromatic heterocycles. The number of aliphatic imine (C=N–C) groups is 1. The molecule has 3 nitrogen and oxygen atoms in total. The van der Waals surface area contributed by atoms with Gasteiger partial charge in [0.2, 0.25) is 0 Å². The highest BCUT2D eigenvalue weighted by Crippen LogP contribution is 2.25. The maximum atomic E-state index is 14.0. The molecule has 0 spiro atoms. The first-order chi connectivity index (χ1) is 10.5. The predicted molar refractivity (Wildman–Crippen MR) is 106 cm³/mol. The first kappa shape index (κ1) is 19.9. The molecule has 0 bridgehead atoms. The van der Waals surface area contributed by atoms with Crippen LogP contribution in [-0.2, 0) is 5.41 Å². The Morgan fingerprint density at radius 2 is 1.91 bits per heavy atom. The van der Waals surface area contributed by atoms with Crippen LogP contribution in [0.1, 0.15) is 39.2 Å². The summed E-state index contributed by atoms with van der Waals surface area (Å²) in [4.78, 5) is 4.67. The van der Waals surface area contributed by atoms with Crippen molar-refractivity contribution in [2.75, 3.05) is 13.1 Å². The summed E-state index contributed by atoms with van der Waals surface area (Å²) < 4.78 is 14.0. The molecule has 0 amide bonds. The van der Waals surface area contributed by atoms with Gasteiger partial charge in [-0.15, -0.1) is 24.0 Å². The monoisotopic (exact) mass is 431 g/mol. The van der Waals surface area contributed by atoms with E-state index in [0.29, 0.717) is 18.2 Å². The van der Waals surface area contributed by atoms with Gasteiger partial charge in [-0.3, -0.25) is 4.99 Å². The molecule has 128 valence electrons. The van der Waals surface area contributed by atoms with Crippen LogP contribution in [0.15, 0.2) is 41.4 Å². The molecular weight excluding hydrogens is 404 g/mol. The molecule has 0 fully saturated rings. The van der Waals surface area contributed by atoms with Crippen molar-refractivity contribution in [1.82, 2.24) is 10.6 Å². The van der Waals surface area contributed by atoms with Crippen LogP contribution >= 0.6 is 24.0 Å². The average Bonchev–Trinajstić information content (AvgIpc) is 2.98. The summed E-state index contributed by atoms with van der Waals surface area (Å²) in [5.74, 6) is 0.640. The predicted octanol–water partition coefficient (Wildman–Crippen LogP) is 4.00. The smallest absolute Gasteiger partial charge is 0.191 e. The van der Waals surface area contributed by atoms with Crippen molar-refractivity contribution in [2.24, 2.45) is 4.99 Å². The van der Waals surface area contributed by atoms with Gasteiger partial charge in [-0.1, -0.05) is 44.2 Å². The fourth-order valence-electron chi connectivity index (χ4n) is 2.62. The number of guanidine groups is 1. The summed E-state index contributed by atoms with van der Waals surface area (Å²) in [6.45, 7) is 7.44. The second kappa shape index (κ2) is 9.25. The number of nitrogens with one attached hydrogen (secondary N) is 2. The van der Waals surface area contributed by atoms with E-state index in [1.165, 1.54) is 6.07 Å². The second-order valence-corrected chi connectivity index (χ2v) is 6.34. The minimum Gasteiger partial charge on any atom is -0.357 e. The van der Waals surface area contributed by atoms with Crippen molar-refractivity contribution in [1.29, 1.82) is 0 Å². The minimum atomic E-state index is -0.346. The fraction of sp³-hybridized carbons (Fsp3) is 0.500. The first-order valence-electron chi connectivity index (χ1n) is 7.98. The maximum Gasteiger partial charge on any atom is 0.191 e. The molecule has 23 heavy (non-hydrogen) atoms.